The van der Waals surface area contributed by atoms with E-state index in [4.69, 9.17) is 4.74 Å². The molecule has 26 heavy (non-hydrogen) atoms. The Hall–Kier alpha value is -2.48. The Balaban J connectivity index is 1.88. The largest absolute Gasteiger partial charge is 0.367 e. The van der Waals surface area contributed by atoms with Crippen molar-refractivity contribution in [1.82, 2.24) is 9.91 Å². The van der Waals surface area contributed by atoms with Gasteiger partial charge in [-0.05, 0) is 25.1 Å². The van der Waals surface area contributed by atoms with E-state index in [0.717, 1.165) is 37.6 Å². The molecule has 1 unspecified atom stereocenters. The van der Waals surface area contributed by atoms with Crippen molar-refractivity contribution in [2.45, 2.75) is 13.2 Å². The van der Waals surface area contributed by atoms with Crippen molar-refractivity contribution in [1.29, 1.82) is 0 Å². The van der Waals surface area contributed by atoms with Crippen LogP contribution in [0.3, 0.4) is 0 Å². The molecule has 2 aromatic rings. The van der Waals surface area contributed by atoms with E-state index < -0.39 is 0 Å². The van der Waals surface area contributed by atoms with Crippen LogP contribution in [0.25, 0.3) is 0 Å². The number of rotatable bonds is 6. The van der Waals surface area contributed by atoms with Crippen molar-refractivity contribution in [3.05, 3.63) is 64.7 Å². The SMILES string of the molecule is COC(C)N1CCN(N(c2ccccc2)c2cccc([N+](=O)[O-])c2)CC1. The van der Waals surface area contributed by atoms with Crippen LogP contribution in [0.4, 0.5) is 17.1 Å². The summed E-state index contributed by atoms with van der Waals surface area (Å²) in [7, 11) is 1.72. The zero-order valence-corrected chi connectivity index (χ0v) is 15.1. The van der Waals surface area contributed by atoms with Gasteiger partial charge in [0, 0.05) is 45.4 Å². The topological polar surface area (TPSA) is 62.1 Å². The molecular formula is C19H24N4O3. The van der Waals surface area contributed by atoms with E-state index in [1.165, 1.54) is 6.07 Å². The molecule has 1 saturated heterocycles. The van der Waals surface area contributed by atoms with Crippen LogP contribution in [0.15, 0.2) is 54.6 Å². The van der Waals surface area contributed by atoms with E-state index in [0.29, 0.717) is 0 Å². The van der Waals surface area contributed by atoms with Crippen LogP contribution < -0.4 is 5.01 Å². The van der Waals surface area contributed by atoms with Crippen molar-refractivity contribution in [3.63, 3.8) is 0 Å². The fourth-order valence-electron chi connectivity index (χ4n) is 3.21. The van der Waals surface area contributed by atoms with E-state index in [-0.39, 0.29) is 16.8 Å². The molecule has 0 amide bonds. The van der Waals surface area contributed by atoms with Crippen LogP contribution in [-0.4, -0.2) is 54.3 Å². The molecule has 1 heterocycles. The number of ether oxygens (including phenoxy) is 1. The van der Waals surface area contributed by atoms with Gasteiger partial charge in [0.2, 0.25) is 0 Å². The molecule has 1 atom stereocenters. The number of hydrogen-bond donors (Lipinski definition) is 0. The predicted octanol–water partition coefficient (Wildman–Crippen LogP) is 3.26. The number of hydrazine groups is 1. The van der Waals surface area contributed by atoms with Gasteiger partial charge in [-0.25, -0.2) is 5.01 Å². The first-order valence-electron chi connectivity index (χ1n) is 8.71. The summed E-state index contributed by atoms with van der Waals surface area (Å²) in [5.74, 6) is 0. The predicted molar refractivity (Wildman–Crippen MR) is 101 cm³/mol. The first kappa shape index (κ1) is 18.3. The molecule has 138 valence electrons. The second kappa shape index (κ2) is 8.27. The number of non-ortho nitro benzene ring substituents is 1. The Bertz CT molecular complexity index is 733. The Kier molecular flexibility index (Phi) is 5.82. The minimum Gasteiger partial charge on any atom is -0.367 e. The van der Waals surface area contributed by atoms with Crippen LogP contribution in [-0.2, 0) is 4.74 Å². The van der Waals surface area contributed by atoms with Gasteiger partial charge in [-0.15, -0.1) is 0 Å². The lowest BCUT2D eigenvalue weighted by atomic mass is 10.2. The Morgan fingerprint density at radius 2 is 1.69 bits per heavy atom. The van der Waals surface area contributed by atoms with Gasteiger partial charge >= 0.3 is 0 Å². The van der Waals surface area contributed by atoms with Gasteiger partial charge in [0.1, 0.15) is 6.23 Å². The fraction of sp³-hybridized carbons (Fsp3) is 0.368. The summed E-state index contributed by atoms with van der Waals surface area (Å²) in [6.07, 6.45) is 0.0835. The Morgan fingerprint density at radius 1 is 1.04 bits per heavy atom. The molecule has 1 aliphatic heterocycles. The summed E-state index contributed by atoms with van der Waals surface area (Å²) in [5, 5.41) is 15.5. The molecule has 1 fully saturated rings. The molecule has 0 aromatic heterocycles. The molecule has 0 spiro atoms. The molecule has 3 rings (SSSR count). The van der Waals surface area contributed by atoms with Crippen molar-refractivity contribution in [2.75, 3.05) is 38.3 Å². The smallest absolute Gasteiger partial charge is 0.271 e. The van der Waals surface area contributed by atoms with Crippen molar-refractivity contribution < 1.29 is 9.66 Å². The lowest BCUT2D eigenvalue weighted by molar-refractivity contribution is -0.384. The van der Waals surface area contributed by atoms with Gasteiger partial charge in [0.15, 0.2) is 0 Å². The van der Waals surface area contributed by atoms with Gasteiger partial charge in [-0.2, -0.15) is 0 Å². The van der Waals surface area contributed by atoms with Crippen molar-refractivity contribution in [2.24, 2.45) is 0 Å². The van der Waals surface area contributed by atoms with Gasteiger partial charge in [-0.1, -0.05) is 24.3 Å². The van der Waals surface area contributed by atoms with Crippen LogP contribution in [0.5, 0.6) is 0 Å². The maximum atomic E-state index is 11.2. The highest BCUT2D eigenvalue weighted by atomic mass is 16.6. The number of para-hydroxylation sites is 1. The standard InChI is InChI=1S/C19H24N4O3/c1-16(26-2)20-11-13-21(14-12-20)22(17-7-4-3-5-8-17)18-9-6-10-19(15-18)23(24)25/h3-10,15-16H,11-14H2,1-2H3. The van der Waals surface area contributed by atoms with Crippen molar-refractivity contribution in [3.8, 4) is 0 Å². The van der Waals surface area contributed by atoms with Gasteiger partial charge in [-0.3, -0.25) is 20.0 Å². The van der Waals surface area contributed by atoms with E-state index >= 15 is 0 Å². The monoisotopic (exact) mass is 356 g/mol. The molecular weight excluding hydrogens is 332 g/mol. The third kappa shape index (κ3) is 4.01. The summed E-state index contributed by atoms with van der Waals surface area (Å²) in [6.45, 7) is 5.41. The number of nitrogens with zero attached hydrogens (tertiary/aromatic N) is 4. The number of methoxy groups -OCH3 is 1. The molecule has 2 aromatic carbocycles. The maximum absolute atomic E-state index is 11.2. The maximum Gasteiger partial charge on any atom is 0.271 e. The first-order valence-corrected chi connectivity index (χ1v) is 8.71. The fourth-order valence-corrected chi connectivity index (χ4v) is 3.21. The Morgan fingerprint density at radius 3 is 2.31 bits per heavy atom. The summed E-state index contributed by atoms with van der Waals surface area (Å²) in [6, 6.07) is 16.7. The lowest BCUT2D eigenvalue weighted by Crippen LogP contribution is -2.54. The second-order valence-corrected chi connectivity index (χ2v) is 6.25. The number of benzene rings is 2. The lowest BCUT2D eigenvalue weighted by Gasteiger charge is -2.43. The van der Waals surface area contributed by atoms with E-state index in [2.05, 4.69) is 14.9 Å². The molecule has 0 radical (unpaired) electrons. The summed E-state index contributed by atoms with van der Waals surface area (Å²) in [4.78, 5) is 13.1. The second-order valence-electron chi connectivity index (χ2n) is 6.25. The summed E-state index contributed by atoms with van der Waals surface area (Å²) >= 11 is 0. The van der Waals surface area contributed by atoms with Crippen LogP contribution >= 0.6 is 0 Å². The minimum atomic E-state index is -0.356. The molecule has 0 aliphatic carbocycles. The van der Waals surface area contributed by atoms with Gasteiger partial charge < -0.3 is 4.74 Å². The molecule has 0 N–H and O–H groups in total. The Labute approximate surface area is 153 Å². The normalized spacial score (nSPS) is 17.0. The van der Waals surface area contributed by atoms with Gasteiger partial charge in [0.05, 0.1) is 16.3 Å². The van der Waals surface area contributed by atoms with E-state index in [1.807, 2.05) is 43.3 Å². The summed E-state index contributed by atoms with van der Waals surface area (Å²) in [5.41, 5.74) is 1.87. The molecule has 7 nitrogen and oxygen atoms in total. The number of nitro groups is 1. The number of hydrogen-bond acceptors (Lipinski definition) is 6. The molecule has 1 aliphatic rings. The van der Waals surface area contributed by atoms with Crippen LogP contribution in [0.1, 0.15) is 6.92 Å². The molecule has 7 heteroatoms. The highest BCUT2D eigenvalue weighted by Crippen LogP contribution is 2.30. The summed E-state index contributed by atoms with van der Waals surface area (Å²) < 4.78 is 5.42. The quantitative estimate of drug-likeness (QED) is 0.585. The highest BCUT2D eigenvalue weighted by Gasteiger charge is 2.26. The minimum absolute atomic E-state index is 0.0835. The number of anilines is 2. The van der Waals surface area contributed by atoms with Crippen LogP contribution in [0.2, 0.25) is 0 Å². The third-order valence-corrected chi connectivity index (χ3v) is 4.71. The third-order valence-electron chi connectivity index (χ3n) is 4.71. The molecule has 0 saturated carbocycles. The van der Waals surface area contributed by atoms with Gasteiger partial charge in [0.25, 0.3) is 5.69 Å². The van der Waals surface area contributed by atoms with E-state index in [9.17, 15) is 10.1 Å². The number of nitro benzene ring substituents is 1. The molecule has 0 bridgehead atoms. The zero-order chi connectivity index (χ0) is 18.5. The van der Waals surface area contributed by atoms with Crippen molar-refractivity contribution >= 4 is 17.1 Å². The average Bonchev–Trinajstić information content (AvgIpc) is 2.69. The highest BCUT2D eigenvalue weighted by molar-refractivity contribution is 5.64. The zero-order valence-electron chi connectivity index (χ0n) is 15.1. The number of piperazine rings is 1. The van der Waals surface area contributed by atoms with Crippen LogP contribution in [0, 0.1) is 10.1 Å². The van der Waals surface area contributed by atoms with E-state index in [1.54, 1.807) is 19.2 Å². The first-order chi connectivity index (χ1) is 12.6. The average molecular weight is 356 g/mol.